The molecule has 1 atom stereocenters. The number of thiophene rings is 1. The summed E-state index contributed by atoms with van der Waals surface area (Å²) in [5.74, 6) is 1.36. The first-order chi connectivity index (χ1) is 14.5. The van der Waals surface area contributed by atoms with Gasteiger partial charge < -0.3 is 19.5 Å². The Labute approximate surface area is 180 Å². The number of benzene rings is 1. The van der Waals surface area contributed by atoms with Crippen molar-refractivity contribution >= 4 is 22.9 Å². The molecule has 0 unspecified atom stereocenters. The third kappa shape index (κ3) is 4.61. The van der Waals surface area contributed by atoms with E-state index < -0.39 is 0 Å². The number of quaternary nitrogens is 2. The van der Waals surface area contributed by atoms with Crippen LogP contribution >= 0.6 is 11.3 Å². The number of nitrogens with one attached hydrogen (secondary N) is 3. The molecule has 1 aromatic carbocycles. The Kier molecular flexibility index (Phi) is 6.26. The number of amides is 1. The van der Waals surface area contributed by atoms with Crippen LogP contribution in [0.2, 0.25) is 0 Å². The van der Waals surface area contributed by atoms with E-state index in [1.807, 2.05) is 36.6 Å². The highest BCUT2D eigenvalue weighted by Crippen LogP contribution is 2.24. The van der Waals surface area contributed by atoms with Crippen LogP contribution in [0.4, 0.5) is 5.69 Å². The first-order valence-electron chi connectivity index (χ1n) is 10.4. The average Bonchev–Trinajstić information content (AvgIpc) is 3.43. The minimum Gasteiger partial charge on any atom is -0.414 e. The van der Waals surface area contributed by atoms with Crippen LogP contribution in [0.1, 0.15) is 30.0 Å². The molecule has 1 aliphatic rings. The van der Waals surface area contributed by atoms with Crippen LogP contribution in [-0.4, -0.2) is 48.8 Å². The fourth-order valence-electron chi connectivity index (χ4n) is 3.93. The van der Waals surface area contributed by atoms with Gasteiger partial charge in [0.05, 0.1) is 4.88 Å². The quantitative estimate of drug-likeness (QED) is 0.546. The van der Waals surface area contributed by atoms with Crippen molar-refractivity contribution in [2.24, 2.45) is 0 Å². The lowest BCUT2D eigenvalue weighted by Gasteiger charge is -2.31. The zero-order chi connectivity index (χ0) is 21.1. The van der Waals surface area contributed by atoms with Gasteiger partial charge in [0.1, 0.15) is 26.2 Å². The molecule has 158 valence electrons. The Morgan fingerprint density at radius 2 is 1.97 bits per heavy atom. The fourth-order valence-corrected chi connectivity index (χ4v) is 4.57. The number of piperazine rings is 1. The van der Waals surface area contributed by atoms with Gasteiger partial charge in [0.25, 0.3) is 17.7 Å². The zero-order valence-corrected chi connectivity index (χ0v) is 18.5. The molecule has 0 spiro atoms. The van der Waals surface area contributed by atoms with Gasteiger partial charge in [-0.1, -0.05) is 18.2 Å². The minimum atomic E-state index is 0.0766. The van der Waals surface area contributed by atoms with Gasteiger partial charge >= 0.3 is 0 Å². The van der Waals surface area contributed by atoms with Crippen LogP contribution in [0.5, 0.6) is 0 Å². The molecule has 0 saturated carbocycles. The second-order valence-electron chi connectivity index (χ2n) is 8.03. The fraction of sp³-hybridized carbons (Fsp3) is 0.409. The third-order valence-electron chi connectivity index (χ3n) is 6.04. The normalized spacial score (nSPS) is 20.1. The van der Waals surface area contributed by atoms with Gasteiger partial charge in [0, 0.05) is 5.69 Å². The van der Waals surface area contributed by atoms with Crippen LogP contribution in [-0.2, 0) is 4.79 Å². The summed E-state index contributed by atoms with van der Waals surface area (Å²) < 4.78 is 5.92. The Bertz CT molecular complexity index is 993. The van der Waals surface area contributed by atoms with Crippen molar-refractivity contribution in [1.29, 1.82) is 0 Å². The molecule has 0 bridgehead atoms. The number of aromatic nitrogens is 2. The van der Waals surface area contributed by atoms with Crippen molar-refractivity contribution in [2.45, 2.75) is 26.8 Å². The molecule has 8 heteroatoms. The van der Waals surface area contributed by atoms with E-state index >= 15 is 0 Å². The van der Waals surface area contributed by atoms with Gasteiger partial charge in [-0.05, 0) is 49.4 Å². The second kappa shape index (κ2) is 9.07. The van der Waals surface area contributed by atoms with Gasteiger partial charge in [-0.25, -0.2) is 0 Å². The van der Waals surface area contributed by atoms with E-state index in [0.29, 0.717) is 18.3 Å². The van der Waals surface area contributed by atoms with Crippen LogP contribution in [0, 0.1) is 13.8 Å². The number of aryl methyl sites for hydroxylation is 1. The van der Waals surface area contributed by atoms with Gasteiger partial charge in [0.15, 0.2) is 12.6 Å². The van der Waals surface area contributed by atoms with E-state index in [0.717, 1.165) is 42.3 Å². The monoisotopic (exact) mass is 427 g/mol. The average molecular weight is 428 g/mol. The maximum absolute atomic E-state index is 12.5. The largest absolute Gasteiger partial charge is 0.414 e. The minimum absolute atomic E-state index is 0.0766. The van der Waals surface area contributed by atoms with Crippen LogP contribution in [0.3, 0.4) is 0 Å². The van der Waals surface area contributed by atoms with Gasteiger partial charge in [0.2, 0.25) is 0 Å². The lowest BCUT2D eigenvalue weighted by Crippen LogP contribution is -3.28. The number of nitrogens with zero attached hydrogens (tertiary/aromatic N) is 2. The Balaban J connectivity index is 1.28. The third-order valence-corrected chi connectivity index (χ3v) is 6.90. The van der Waals surface area contributed by atoms with Crippen molar-refractivity contribution in [3.63, 3.8) is 0 Å². The van der Waals surface area contributed by atoms with Crippen LogP contribution in [0.15, 0.2) is 40.1 Å². The maximum Gasteiger partial charge on any atom is 0.279 e. The molecule has 1 amide bonds. The summed E-state index contributed by atoms with van der Waals surface area (Å²) in [6.45, 7) is 10.6. The van der Waals surface area contributed by atoms with E-state index in [1.54, 1.807) is 11.3 Å². The number of carbonyl (C=O) groups excluding carboxylic acids is 1. The molecular formula is C22H29N5O2S+2. The predicted molar refractivity (Wildman–Crippen MR) is 117 cm³/mol. The van der Waals surface area contributed by atoms with Gasteiger partial charge in [-0.15, -0.1) is 21.5 Å². The summed E-state index contributed by atoms with van der Waals surface area (Å²) in [6.07, 6.45) is 0. The van der Waals surface area contributed by atoms with Crippen LogP contribution in [0.25, 0.3) is 10.8 Å². The van der Waals surface area contributed by atoms with Crippen LogP contribution < -0.4 is 15.1 Å². The number of anilines is 1. The van der Waals surface area contributed by atoms with E-state index in [4.69, 9.17) is 4.42 Å². The molecule has 1 fully saturated rings. The summed E-state index contributed by atoms with van der Waals surface area (Å²) in [5, 5.41) is 13.6. The van der Waals surface area contributed by atoms with Crippen molar-refractivity contribution in [1.82, 2.24) is 10.2 Å². The Morgan fingerprint density at radius 1 is 1.17 bits per heavy atom. The lowest BCUT2D eigenvalue weighted by molar-refractivity contribution is -1.02. The molecule has 7 nitrogen and oxygen atoms in total. The number of hydrogen-bond acceptors (Lipinski definition) is 5. The Hall–Kier alpha value is -2.55. The van der Waals surface area contributed by atoms with E-state index in [2.05, 4.69) is 35.4 Å². The molecule has 3 N–H and O–H groups in total. The molecule has 1 aliphatic heterocycles. The molecule has 3 heterocycles. The van der Waals surface area contributed by atoms with Crippen molar-refractivity contribution < 1.29 is 19.0 Å². The van der Waals surface area contributed by atoms with E-state index in [-0.39, 0.29) is 11.9 Å². The molecule has 4 rings (SSSR count). The molecule has 2 aromatic heterocycles. The van der Waals surface area contributed by atoms with Crippen molar-refractivity contribution in [3.05, 3.63) is 52.7 Å². The van der Waals surface area contributed by atoms with Gasteiger partial charge in [-0.3, -0.25) is 4.79 Å². The van der Waals surface area contributed by atoms with Crippen molar-refractivity contribution in [2.75, 3.05) is 38.0 Å². The highest BCUT2D eigenvalue weighted by molar-refractivity contribution is 7.13. The first kappa shape index (κ1) is 20.7. The Morgan fingerprint density at radius 3 is 2.70 bits per heavy atom. The standard InChI is InChI=1S/C22H27N5O2S/c1-15-6-4-7-18(16(15)2)23-20(28)14-26-9-11-27(12-10-26)17(3)21-24-25-22(29-21)19-8-5-13-30-19/h4-8,13,17H,9-12,14H2,1-3H3,(H,23,28)/p+2/t17-/m1/s1. The molecule has 30 heavy (non-hydrogen) atoms. The van der Waals surface area contributed by atoms with E-state index in [1.165, 1.54) is 15.4 Å². The smallest absolute Gasteiger partial charge is 0.279 e. The lowest BCUT2D eigenvalue weighted by atomic mass is 10.1. The maximum atomic E-state index is 12.5. The zero-order valence-electron chi connectivity index (χ0n) is 17.7. The molecule has 0 aliphatic carbocycles. The summed E-state index contributed by atoms with van der Waals surface area (Å²) in [5.41, 5.74) is 3.23. The van der Waals surface area contributed by atoms with E-state index in [9.17, 15) is 4.79 Å². The molecular weight excluding hydrogens is 398 g/mol. The topological polar surface area (TPSA) is 76.9 Å². The number of rotatable bonds is 6. The predicted octanol–water partition coefficient (Wildman–Crippen LogP) is 0.898. The first-order valence-corrected chi connectivity index (χ1v) is 11.3. The summed E-state index contributed by atoms with van der Waals surface area (Å²) >= 11 is 1.60. The molecule has 3 aromatic rings. The summed E-state index contributed by atoms with van der Waals surface area (Å²) in [4.78, 5) is 16.3. The number of carbonyl (C=O) groups is 1. The SMILES string of the molecule is Cc1cccc(NC(=O)C[NH+]2CC[NH+]([C@H](C)c3nnc(-c4cccs4)o3)CC2)c1C. The summed E-state index contributed by atoms with van der Waals surface area (Å²) in [7, 11) is 0. The molecule has 1 saturated heterocycles. The molecule has 0 radical (unpaired) electrons. The van der Waals surface area contributed by atoms with Crippen molar-refractivity contribution in [3.8, 4) is 10.8 Å². The summed E-state index contributed by atoms with van der Waals surface area (Å²) in [6, 6.07) is 10.1. The highest BCUT2D eigenvalue weighted by atomic mass is 32.1. The highest BCUT2D eigenvalue weighted by Gasteiger charge is 2.32. The van der Waals surface area contributed by atoms with Gasteiger partial charge in [-0.2, -0.15) is 0 Å². The number of hydrogen-bond donors (Lipinski definition) is 3. The second-order valence-corrected chi connectivity index (χ2v) is 8.97.